The lowest BCUT2D eigenvalue weighted by Crippen LogP contribution is -2.25. The summed E-state index contributed by atoms with van der Waals surface area (Å²) in [5, 5.41) is 3.89. The number of halogens is 2. The van der Waals surface area contributed by atoms with Crippen LogP contribution in [0.5, 0.6) is 0 Å². The predicted molar refractivity (Wildman–Crippen MR) is 81.5 cm³/mol. The summed E-state index contributed by atoms with van der Waals surface area (Å²) in [6, 6.07) is 10.8. The molecule has 3 nitrogen and oxygen atoms in total. The van der Waals surface area contributed by atoms with E-state index >= 15 is 0 Å². The van der Waals surface area contributed by atoms with Crippen molar-refractivity contribution in [2.24, 2.45) is 0 Å². The largest absolute Gasteiger partial charge is 0.352 e. The van der Waals surface area contributed by atoms with Gasteiger partial charge in [-0.3, -0.25) is 4.79 Å². The van der Waals surface area contributed by atoms with Crippen LogP contribution in [0.3, 0.4) is 0 Å². The summed E-state index contributed by atoms with van der Waals surface area (Å²) >= 11 is 11.7. The van der Waals surface area contributed by atoms with Gasteiger partial charge in [0.05, 0.1) is 0 Å². The second kappa shape index (κ2) is 6.73. The van der Waals surface area contributed by atoms with Crippen LogP contribution in [0.4, 0.5) is 0 Å². The van der Waals surface area contributed by atoms with Crippen LogP contribution in [0.25, 0.3) is 0 Å². The number of aryl methyl sites for hydroxylation is 1. The quantitative estimate of drug-likeness (QED) is 0.876. The summed E-state index contributed by atoms with van der Waals surface area (Å²) in [6.45, 7) is 2.36. The molecule has 0 fully saturated rings. The van der Waals surface area contributed by atoms with Crippen molar-refractivity contribution in [3.8, 4) is 0 Å². The second-order valence-corrected chi connectivity index (χ2v) is 5.28. The zero-order chi connectivity index (χ0) is 14.5. The van der Waals surface area contributed by atoms with Crippen LogP contribution in [0.2, 0.25) is 10.2 Å². The third kappa shape index (κ3) is 4.22. The molecule has 0 bridgehead atoms. The van der Waals surface area contributed by atoms with E-state index < -0.39 is 0 Å². The van der Waals surface area contributed by atoms with E-state index in [2.05, 4.69) is 10.3 Å². The smallest absolute Gasteiger partial charge is 0.251 e. The van der Waals surface area contributed by atoms with Crippen LogP contribution in [-0.4, -0.2) is 17.4 Å². The third-order valence-electron chi connectivity index (χ3n) is 2.80. The highest BCUT2D eigenvalue weighted by atomic mass is 35.5. The Morgan fingerprint density at radius 3 is 2.55 bits per heavy atom. The number of hydrogen-bond donors (Lipinski definition) is 1. The van der Waals surface area contributed by atoms with Gasteiger partial charge >= 0.3 is 0 Å². The Bertz CT molecular complexity index is 592. The Balaban J connectivity index is 1.90. The molecule has 1 aromatic carbocycles. The molecule has 20 heavy (non-hydrogen) atoms. The minimum absolute atomic E-state index is 0.147. The van der Waals surface area contributed by atoms with E-state index in [0.717, 1.165) is 17.7 Å². The van der Waals surface area contributed by atoms with Gasteiger partial charge in [0.25, 0.3) is 5.91 Å². The highest BCUT2D eigenvalue weighted by Gasteiger charge is 2.07. The Morgan fingerprint density at radius 1 is 1.20 bits per heavy atom. The van der Waals surface area contributed by atoms with Crippen molar-refractivity contribution in [3.05, 3.63) is 63.4 Å². The lowest BCUT2D eigenvalue weighted by Gasteiger charge is -2.06. The van der Waals surface area contributed by atoms with Gasteiger partial charge in [0.15, 0.2) is 0 Å². The summed E-state index contributed by atoms with van der Waals surface area (Å²) in [5.74, 6) is -0.147. The van der Waals surface area contributed by atoms with Crippen LogP contribution in [0.15, 0.2) is 36.4 Å². The molecule has 5 heteroatoms. The van der Waals surface area contributed by atoms with E-state index in [9.17, 15) is 4.79 Å². The zero-order valence-corrected chi connectivity index (χ0v) is 12.5. The summed E-state index contributed by atoms with van der Waals surface area (Å²) in [6.07, 6.45) is 0.751. The normalized spacial score (nSPS) is 10.3. The monoisotopic (exact) mass is 308 g/mol. The van der Waals surface area contributed by atoms with Crippen molar-refractivity contribution in [3.63, 3.8) is 0 Å². The molecule has 1 heterocycles. The van der Waals surface area contributed by atoms with E-state index in [0.29, 0.717) is 22.3 Å². The first-order valence-corrected chi connectivity index (χ1v) is 6.97. The fraction of sp³-hybridized carbons (Fsp3) is 0.200. The van der Waals surface area contributed by atoms with Gasteiger partial charge in [-0.25, -0.2) is 4.98 Å². The number of nitrogens with one attached hydrogen (secondary N) is 1. The molecular formula is C15H14Cl2N2O. The van der Waals surface area contributed by atoms with Crippen molar-refractivity contribution in [1.82, 2.24) is 10.3 Å². The second-order valence-electron chi connectivity index (χ2n) is 4.45. The highest BCUT2D eigenvalue weighted by molar-refractivity contribution is 6.30. The van der Waals surface area contributed by atoms with Gasteiger partial charge in [0.1, 0.15) is 5.15 Å². The summed E-state index contributed by atoms with van der Waals surface area (Å²) in [5.41, 5.74) is 2.37. The number of pyridine rings is 1. The lowest BCUT2D eigenvalue weighted by atomic mass is 10.1. The molecular weight excluding hydrogens is 295 g/mol. The standard InChI is InChI=1S/C15H14Cl2N2O/c1-10-8-12(9-14(17)19-10)15(20)18-7-6-11-2-4-13(16)5-3-11/h2-5,8-9H,6-7H2,1H3,(H,18,20). The number of amides is 1. The number of carbonyl (C=O) groups excluding carboxylic acids is 1. The van der Waals surface area contributed by atoms with Crippen LogP contribution in [-0.2, 0) is 6.42 Å². The molecule has 0 aliphatic rings. The van der Waals surface area contributed by atoms with Gasteiger partial charge in [-0.15, -0.1) is 0 Å². The molecule has 0 spiro atoms. The molecule has 0 aliphatic carbocycles. The van der Waals surface area contributed by atoms with Crippen LogP contribution < -0.4 is 5.32 Å². The van der Waals surface area contributed by atoms with Gasteiger partial charge in [-0.2, -0.15) is 0 Å². The molecule has 0 unspecified atom stereocenters. The third-order valence-corrected chi connectivity index (χ3v) is 3.24. The molecule has 0 saturated heterocycles. The van der Waals surface area contributed by atoms with E-state index in [4.69, 9.17) is 23.2 Å². The fourth-order valence-electron chi connectivity index (χ4n) is 1.83. The number of nitrogens with zero attached hydrogens (tertiary/aromatic N) is 1. The highest BCUT2D eigenvalue weighted by Crippen LogP contribution is 2.11. The Morgan fingerprint density at radius 2 is 1.90 bits per heavy atom. The van der Waals surface area contributed by atoms with E-state index in [-0.39, 0.29) is 5.91 Å². The number of aromatic nitrogens is 1. The predicted octanol–water partition coefficient (Wildman–Crippen LogP) is 3.67. The first-order chi connectivity index (χ1) is 9.54. The molecule has 1 N–H and O–H groups in total. The molecule has 104 valence electrons. The minimum Gasteiger partial charge on any atom is -0.352 e. The van der Waals surface area contributed by atoms with Crippen LogP contribution in [0.1, 0.15) is 21.6 Å². The number of benzene rings is 1. The van der Waals surface area contributed by atoms with Gasteiger partial charge in [-0.1, -0.05) is 35.3 Å². The Hall–Kier alpha value is -1.58. The molecule has 0 atom stereocenters. The maximum atomic E-state index is 12.0. The summed E-state index contributed by atoms with van der Waals surface area (Å²) in [7, 11) is 0. The van der Waals surface area contributed by atoms with Gasteiger partial charge in [0, 0.05) is 22.8 Å². The zero-order valence-electron chi connectivity index (χ0n) is 11.0. The first-order valence-electron chi connectivity index (χ1n) is 6.21. The molecule has 2 aromatic rings. The van der Waals surface area contributed by atoms with Crippen molar-refractivity contribution in [2.45, 2.75) is 13.3 Å². The fourth-order valence-corrected chi connectivity index (χ4v) is 2.21. The summed E-state index contributed by atoms with van der Waals surface area (Å²) in [4.78, 5) is 16.0. The van der Waals surface area contributed by atoms with Gasteiger partial charge in [0.2, 0.25) is 0 Å². The molecule has 0 saturated carbocycles. The van der Waals surface area contributed by atoms with E-state index in [1.54, 1.807) is 19.1 Å². The molecule has 2 rings (SSSR count). The van der Waals surface area contributed by atoms with Gasteiger partial charge < -0.3 is 5.32 Å². The van der Waals surface area contributed by atoms with E-state index in [1.165, 1.54) is 0 Å². The van der Waals surface area contributed by atoms with E-state index in [1.807, 2.05) is 24.3 Å². The first kappa shape index (κ1) is 14.8. The summed E-state index contributed by atoms with van der Waals surface area (Å²) < 4.78 is 0. The maximum absolute atomic E-state index is 12.0. The number of hydrogen-bond acceptors (Lipinski definition) is 2. The van der Waals surface area contributed by atoms with Crippen molar-refractivity contribution < 1.29 is 4.79 Å². The topological polar surface area (TPSA) is 42.0 Å². The molecule has 1 amide bonds. The van der Waals surface area contributed by atoms with Crippen LogP contribution in [0, 0.1) is 6.92 Å². The minimum atomic E-state index is -0.147. The lowest BCUT2D eigenvalue weighted by molar-refractivity contribution is 0.0954. The Labute approximate surface area is 127 Å². The van der Waals surface area contributed by atoms with Crippen molar-refractivity contribution in [1.29, 1.82) is 0 Å². The van der Waals surface area contributed by atoms with Crippen LogP contribution >= 0.6 is 23.2 Å². The molecule has 1 aromatic heterocycles. The molecule has 0 radical (unpaired) electrons. The maximum Gasteiger partial charge on any atom is 0.251 e. The van der Waals surface area contributed by atoms with Crippen molar-refractivity contribution >= 4 is 29.1 Å². The number of carbonyl (C=O) groups is 1. The SMILES string of the molecule is Cc1cc(C(=O)NCCc2ccc(Cl)cc2)cc(Cl)n1. The van der Waals surface area contributed by atoms with Gasteiger partial charge in [-0.05, 0) is 43.2 Å². The van der Waals surface area contributed by atoms with Crippen molar-refractivity contribution in [2.75, 3.05) is 6.54 Å². The average molecular weight is 309 g/mol. The Kier molecular flexibility index (Phi) is 4.99. The average Bonchev–Trinajstić information content (AvgIpc) is 2.40. The molecule has 0 aliphatic heterocycles. The number of rotatable bonds is 4.